The van der Waals surface area contributed by atoms with Gasteiger partial charge in [-0.15, -0.1) is 0 Å². The van der Waals surface area contributed by atoms with E-state index in [9.17, 15) is 18.8 Å². The van der Waals surface area contributed by atoms with Crippen molar-refractivity contribution >= 4 is 35.3 Å². The summed E-state index contributed by atoms with van der Waals surface area (Å²) in [5.74, 6) is -1.25. The summed E-state index contributed by atoms with van der Waals surface area (Å²) >= 11 is 6.25. The Morgan fingerprint density at radius 3 is 2.70 bits per heavy atom. The van der Waals surface area contributed by atoms with Crippen LogP contribution in [0.25, 0.3) is 0 Å². The first-order valence-corrected chi connectivity index (χ1v) is 11.9. The molecule has 1 aliphatic carbocycles. The molecular weight excluding hydrogens is 503 g/mol. The normalized spacial score (nSPS) is 18.1. The van der Waals surface area contributed by atoms with Crippen LogP contribution in [0.1, 0.15) is 45.2 Å². The number of ether oxygens (including phenoxy) is 1. The van der Waals surface area contributed by atoms with Gasteiger partial charge in [0.05, 0.1) is 23.2 Å². The molecule has 5 rings (SSSR count). The number of nitrogens with zero attached hydrogens (tertiary/aromatic N) is 2. The number of cyclic esters (lactones) is 1. The molecule has 1 fully saturated rings. The number of hydrazine groups is 1. The van der Waals surface area contributed by atoms with Gasteiger partial charge in [-0.05, 0) is 42.2 Å². The Bertz CT molecular complexity index is 1390. The number of fused-ring (bicyclic) bond motifs is 2. The lowest BCUT2D eigenvalue weighted by atomic mass is 9.96. The molecule has 4 N–H and O–H groups in total. The molecular formula is C25H22ClFN6O4. The number of hydrogen-bond donors (Lipinski definition) is 4. The first kappa shape index (κ1) is 24.4. The Kier molecular flexibility index (Phi) is 6.87. The number of esters is 1. The van der Waals surface area contributed by atoms with E-state index in [-0.39, 0.29) is 28.8 Å². The lowest BCUT2D eigenvalue weighted by Crippen LogP contribution is -2.42. The summed E-state index contributed by atoms with van der Waals surface area (Å²) in [6.07, 6.45) is 4.33. The minimum atomic E-state index is -0.711. The fraction of sp³-hybridized carbons (Fsp3) is 0.240. The third-order valence-corrected chi connectivity index (χ3v) is 6.52. The first-order valence-electron chi connectivity index (χ1n) is 11.6. The van der Waals surface area contributed by atoms with Crippen molar-refractivity contribution in [1.29, 1.82) is 0 Å². The topological polar surface area (TPSA) is 134 Å². The Labute approximate surface area is 215 Å². The van der Waals surface area contributed by atoms with E-state index in [1.807, 2.05) is 6.07 Å². The van der Waals surface area contributed by atoms with E-state index < -0.39 is 30.0 Å². The van der Waals surface area contributed by atoms with Gasteiger partial charge >= 0.3 is 12.0 Å². The molecule has 3 aromatic rings. The van der Waals surface area contributed by atoms with Gasteiger partial charge in [0.2, 0.25) is 0 Å². The fourth-order valence-electron chi connectivity index (χ4n) is 4.40. The van der Waals surface area contributed by atoms with E-state index in [0.29, 0.717) is 30.4 Å². The summed E-state index contributed by atoms with van der Waals surface area (Å²) in [7, 11) is 0. The molecule has 0 saturated carbocycles. The van der Waals surface area contributed by atoms with Gasteiger partial charge in [-0.1, -0.05) is 29.8 Å². The number of pyridine rings is 2. The van der Waals surface area contributed by atoms with Crippen LogP contribution in [0, 0.1) is 5.82 Å². The number of hydrogen-bond acceptors (Lipinski definition) is 7. The number of urea groups is 1. The van der Waals surface area contributed by atoms with Crippen molar-refractivity contribution in [3.05, 3.63) is 87.6 Å². The largest absolute Gasteiger partial charge is 0.464 e. The second-order valence-electron chi connectivity index (χ2n) is 8.54. The predicted molar refractivity (Wildman–Crippen MR) is 131 cm³/mol. The minimum absolute atomic E-state index is 0.0679. The number of amides is 3. The van der Waals surface area contributed by atoms with Gasteiger partial charge in [-0.3, -0.25) is 20.6 Å². The molecule has 10 nitrogen and oxygen atoms in total. The van der Waals surface area contributed by atoms with E-state index >= 15 is 0 Å². The number of halogens is 2. The lowest BCUT2D eigenvalue weighted by molar-refractivity contribution is -0.139. The average molecular weight is 525 g/mol. The van der Waals surface area contributed by atoms with Crippen LogP contribution < -0.4 is 21.5 Å². The highest BCUT2D eigenvalue weighted by molar-refractivity contribution is 6.33. The fourth-order valence-corrected chi connectivity index (χ4v) is 4.62. The first-order chi connectivity index (χ1) is 17.9. The molecule has 0 spiro atoms. The van der Waals surface area contributed by atoms with Crippen molar-refractivity contribution in [1.82, 2.24) is 26.0 Å². The van der Waals surface area contributed by atoms with Gasteiger partial charge in [-0.2, -0.15) is 0 Å². The summed E-state index contributed by atoms with van der Waals surface area (Å²) in [6.45, 7) is 0.253. The number of aromatic nitrogens is 2. The maximum atomic E-state index is 14.6. The number of carbonyl (C=O) groups excluding carboxylic acids is 3. The molecule has 1 saturated heterocycles. The highest BCUT2D eigenvalue weighted by atomic mass is 35.5. The Morgan fingerprint density at radius 2 is 1.92 bits per heavy atom. The van der Waals surface area contributed by atoms with E-state index in [0.717, 1.165) is 11.3 Å². The van der Waals surface area contributed by atoms with E-state index in [1.165, 1.54) is 18.3 Å². The summed E-state index contributed by atoms with van der Waals surface area (Å²) in [4.78, 5) is 45.3. The Balaban J connectivity index is 1.27. The molecule has 2 unspecified atom stereocenters. The maximum absolute atomic E-state index is 14.6. The molecule has 2 aromatic heterocycles. The van der Waals surface area contributed by atoms with Gasteiger partial charge in [0.1, 0.15) is 11.9 Å². The van der Waals surface area contributed by atoms with Crippen molar-refractivity contribution in [2.75, 3.05) is 12.0 Å². The zero-order valence-electron chi connectivity index (χ0n) is 19.4. The molecule has 37 heavy (non-hydrogen) atoms. The van der Waals surface area contributed by atoms with Crippen LogP contribution in [0.3, 0.4) is 0 Å². The van der Waals surface area contributed by atoms with Crippen LogP contribution in [0.15, 0.2) is 48.8 Å². The van der Waals surface area contributed by atoms with E-state index in [2.05, 4.69) is 31.5 Å². The van der Waals surface area contributed by atoms with Gasteiger partial charge in [-0.25, -0.2) is 19.0 Å². The zero-order valence-corrected chi connectivity index (χ0v) is 20.1. The summed E-state index contributed by atoms with van der Waals surface area (Å²) in [5, 5.41) is 5.50. The van der Waals surface area contributed by atoms with Gasteiger partial charge in [0.25, 0.3) is 5.91 Å². The van der Waals surface area contributed by atoms with Crippen molar-refractivity contribution in [3.8, 4) is 0 Å². The standard InChI is InChI=1S/C25H22ClFN6O4/c26-17-11-13(23(34)30-20-8-10-37-24(20)35)12-29-22(17)32-33-25(36)31-21-15-3-1-5-18(27)14(15)6-7-19-16(21)4-2-9-28-19/h1-5,9,11-12,20-21H,6-8,10H2,(H,29,32)(H,30,34)(H2,31,33,36). The second-order valence-corrected chi connectivity index (χ2v) is 8.95. The molecule has 3 amide bonds. The monoisotopic (exact) mass is 524 g/mol. The number of benzene rings is 1. The Morgan fingerprint density at radius 1 is 1.08 bits per heavy atom. The number of carbonyl (C=O) groups is 3. The van der Waals surface area contributed by atoms with Gasteiger partial charge in [0.15, 0.2) is 5.82 Å². The van der Waals surface area contributed by atoms with Crippen LogP contribution in [-0.4, -0.2) is 40.5 Å². The van der Waals surface area contributed by atoms with E-state index in [4.69, 9.17) is 16.3 Å². The zero-order chi connectivity index (χ0) is 25.9. The average Bonchev–Trinajstić information content (AvgIpc) is 3.22. The summed E-state index contributed by atoms with van der Waals surface area (Å²) < 4.78 is 19.4. The molecule has 0 radical (unpaired) electrons. The number of rotatable bonds is 5. The summed E-state index contributed by atoms with van der Waals surface area (Å²) in [5.41, 5.74) is 7.98. The molecule has 2 aliphatic rings. The van der Waals surface area contributed by atoms with Crippen LogP contribution >= 0.6 is 11.6 Å². The lowest BCUT2D eigenvalue weighted by Gasteiger charge is -2.22. The van der Waals surface area contributed by atoms with Crippen LogP contribution in [0.4, 0.5) is 15.0 Å². The number of aryl methyl sites for hydroxylation is 1. The highest BCUT2D eigenvalue weighted by Gasteiger charge is 2.29. The molecule has 0 bridgehead atoms. The van der Waals surface area contributed by atoms with Crippen LogP contribution in [0.2, 0.25) is 5.02 Å². The third kappa shape index (κ3) is 5.17. The minimum Gasteiger partial charge on any atom is -0.464 e. The highest BCUT2D eigenvalue weighted by Crippen LogP contribution is 2.32. The molecule has 190 valence electrons. The molecule has 12 heteroatoms. The third-order valence-electron chi connectivity index (χ3n) is 6.23. The van der Waals surface area contributed by atoms with Crippen molar-refractivity contribution < 1.29 is 23.5 Å². The van der Waals surface area contributed by atoms with Gasteiger partial charge < -0.3 is 15.4 Å². The van der Waals surface area contributed by atoms with Crippen LogP contribution in [0.5, 0.6) is 0 Å². The van der Waals surface area contributed by atoms with Gasteiger partial charge in [0, 0.05) is 30.1 Å². The van der Waals surface area contributed by atoms with Crippen LogP contribution in [-0.2, 0) is 22.4 Å². The number of anilines is 1. The SMILES string of the molecule is O=C(NNc1ncc(C(=O)NC2CCOC2=O)cc1Cl)NC1c2cccnc2CCc2c(F)cccc21. The smallest absolute Gasteiger partial charge is 0.334 e. The van der Waals surface area contributed by atoms with Crippen molar-refractivity contribution in [3.63, 3.8) is 0 Å². The molecule has 2 atom stereocenters. The van der Waals surface area contributed by atoms with Crippen molar-refractivity contribution in [2.45, 2.75) is 31.3 Å². The molecule has 1 aromatic carbocycles. The maximum Gasteiger partial charge on any atom is 0.334 e. The number of nitrogens with one attached hydrogen (secondary N) is 4. The summed E-state index contributed by atoms with van der Waals surface area (Å²) in [6, 6.07) is 7.82. The Hall–Kier alpha value is -4.25. The molecule has 3 heterocycles. The quantitative estimate of drug-likeness (QED) is 0.298. The predicted octanol–water partition coefficient (Wildman–Crippen LogP) is 2.83. The van der Waals surface area contributed by atoms with E-state index in [1.54, 1.807) is 24.4 Å². The van der Waals surface area contributed by atoms with Crippen molar-refractivity contribution in [2.24, 2.45) is 0 Å². The second kappa shape index (κ2) is 10.4. The molecule has 1 aliphatic heterocycles.